The van der Waals surface area contributed by atoms with E-state index >= 15 is 0 Å². The average Bonchev–Trinajstić information content (AvgIpc) is 2.44. The molecule has 2 N–H and O–H groups in total. The van der Waals surface area contributed by atoms with Crippen LogP contribution < -0.4 is 5.73 Å². The molecule has 2 rings (SSSR count). The van der Waals surface area contributed by atoms with Crippen LogP contribution in [0.1, 0.15) is 5.69 Å². The SMILES string of the molecule is Cl.Cn1nc(CN)c2ccccc21. The summed E-state index contributed by atoms with van der Waals surface area (Å²) in [4.78, 5) is 0. The Morgan fingerprint density at radius 2 is 2.08 bits per heavy atom. The number of hydrogen-bond donors (Lipinski definition) is 1. The Labute approximate surface area is 82.9 Å². The number of halogens is 1. The van der Waals surface area contributed by atoms with Crippen LogP contribution in [0, 0.1) is 0 Å². The Balaban J connectivity index is 0.000000845. The zero-order chi connectivity index (χ0) is 8.55. The summed E-state index contributed by atoms with van der Waals surface area (Å²) in [5.41, 5.74) is 7.66. The normalized spacial score (nSPS) is 10.0. The van der Waals surface area contributed by atoms with Crippen LogP contribution in [-0.2, 0) is 13.6 Å². The quantitative estimate of drug-likeness (QED) is 0.752. The van der Waals surface area contributed by atoms with Crippen molar-refractivity contribution in [1.29, 1.82) is 0 Å². The van der Waals surface area contributed by atoms with Gasteiger partial charge in [0.2, 0.25) is 0 Å². The van der Waals surface area contributed by atoms with E-state index in [1.807, 2.05) is 36.0 Å². The van der Waals surface area contributed by atoms with Gasteiger partial charge in [0.05, 0.1) is 11.2 Å². The van der Waals surface area contributed by atoms with Crippen LogP contribution in [0.3, 0.4) is 0 Å². The maximum Gasteiger partial charge on any atom is 0.0838 e. The second-order valence-electron chi connectivity index (χ2n) is 2.79. The first-order valence-electron chi connectivity index (χ1n) is 3.93. The Kier molecular flexibility index (Phi) is 2.90. The van der Waals surface area contributed by atoms with Gasteiger partial charge in [0.1, 0.15) is 0 Å². The molecule has 0 radical (unpaired) electrons. The summed E-state index contributed by atoms with van der Waals surface area (Å²) in [5.74, 6) is 0. The van der Waals surface area contributed by atoms with Gasteiger partial charge in [0.15, 0.2) is 0 Å². The molecule has 0 aliphatic carbocycles. The van der Waals surface area contributed by atoms with Gasteiger partial charge in [0.25, 0.3) is 0 Å². The van der Waals surface area contributed by atoms with Gasteiger partial charge < -0.3 is 5.73 Å². The first-order chi connectivity index (χ1) is 5.83. The van der Waals surface area contributed by atoms with E-state index in [4.69, 9.17) is 5.73 Å². The highest BCUT2D eigenvalue weighted by molar-refractivity contribution is 5.85. The number of aryl methyl sites for hydroxylation is 1. The van der Waals surface area contributed by atoms with Crippen molar-refractivity contribution in [3.05, 3.63) is 30.0 Å². The monoisotopic (exact) mass is 197 g/mol. The van der Waals surface area contributed by atoms with Crippen molar-refractivity contribution >= 4 is 23.3 Å². The molecule has 0 bridgehead atoms. The third-order valence-electron chi connectivity index (χ3n) is 2.03. The minimum atomic E-state index is 0. The van der Waals surface area contributed by atoms with Gasteiger partial charge in [-0.1, -0.05) is 18.2 Å². The lowest BCUT2D eigenvalue weighted by molar-refractivity contribution is 0.766. The van der Waals surface area contributed by atoms with E-state index in [0.29, 0.717) is 6.54 Å². The molecule has 0 aliphatic heterocycles. The number of hydrogen-bond acceptors (Lipinski definition) is 2. The molecule has 2 aromatic rings. The van der Waals surface area contributed by atoms with E-state index < -0.39 is 0 Å². The van der Waals surface area contributed by atoms with Crippen molar-refractivity contribution in [2.75, 3.05) is 0 Å². The fraction of sp³-hybridized carbons (Fsp3) is 0.222. The first kappa shape index (κ1) is 10.0. The van der Waals surface area contributed by atoms with Crippen molar-refractivity contribution < 1.29 is 0 Å². The molecule has 4 heteroatoms. The second kappa shape index (κ2) is 3.77. The Hall–Kier alpha value is -1.06. The number of benzene rings is 1. The summed E-state index contributed by atoms with van der Waals surface area (Å²) in [5, 5.41) is 5.46. The largest absolute Gasteiger partial charge is 0.325 e. The predicted molar refractivity (Wildman–Crippen MR) is 55.9 cm³/mol. The number of para-hydroxylation sites is 1. The van der Waals surface area contributed by atoms with E-state index in [-0.39, 0.29) is 12.4 Å². The first-order valence-corrected chi connectivity index (χ1v) is 3.93. The highest BCUT2D eigenvalue weighted by Gasteiger charge is 2.04. The summed E-state index contributed by atoms with van der Waals surface area (Å²) in [6.07, 6.45) is 0. The van der Waals surface area contributed by atoms with Gasteiger partial charge >= 0.3 is 0 Å². The Morgan fingerprint density at radius 1 is 1.38 bits per heavy atom. The lowest BCUT2D eigenvalue weighted by Gasteiger charge is -1.90. The van der Waals surface area contributed by atoms with Crippen LogP contribution in [0.15, 0.2) is 24.3 Å². The molecule has 0 saturated heterocycles. The molecule has 0 aliphatic rings. The maximum atomic E-state index is 5.55. The van der Waals surface area contributed by atoms with E-state index in [2.05, 4.69) is 5.10 Å². The van der Waals surface area contributed by atoms with Gasteiger partial charge in [-0.25, -0.2) is 0 Å². The third-order valence-corrected chi connectivity index (χ3v) is 2.03. The molecule has 3 nitrogen and oxygen atoms in total. The molecule has 13 heavy (non-hydrogen) atoms. The lowest BCUT2D eigenvalue weighted by Crippen LogP contribution is -1.98. The Morgan fingerprint density at radius 3 is 2.77 bits per heavy atom. The molecule has 1 aromatic heterocycles. The summed E-state index contributed by atoms with van der Waals surface area (Å²) < 4.78 is 1.86. The van der Waals surface area contributed by atoms with E-state index in [1.165, 1.54) is 0 Å². The number of nitrogens with two attached hydrogens (primary N) is 1. The minimum absolute atomic E-state index is 0. The van der Waals surface area contributed by atoms with Crippen LogP contribution in [0.5, 0.6) is 0 Å². The molecular formula is C9H12ClN3. The highest BCUT2D eigenvalue weighted by atomic mass is 35.5. The van der Waals surface area contributed by atoms with Crippen LogP contribution in [0.4, 0.5) is 0 Å². The third kappa shape index (κ3) is 1.53. The average molecular weight is 198 g/mol. The predicted octanol–water partition coefficient (Wildman–Crippen LogP) is 1.45. The van der Waals surface area contributed by atoms with Crippen LogP contribution in [-0.4, -0.2) is 9.78 Å². The molecule has 70 valence electrons. The molecule has 0 atom stereocenters. The van der Waals surface area contributed by atoms with Gasteiger partial charge in [0, 0.05) is 19.0 Å². The van der Waals surface area contributed by atoms with Crippen molar-refractivity contribution in [2.24, 2.45) is 12.8 Å². The van der Waals surface area contributed by atoms with E-state index in [0.717, 1.165) is 16.6 Å². The highest BCUT2D eigenvalue weighted by Crippen LogP contribution is 2.16. The van der Waals surface area contributed by atoms with Crippen molar-refractivity contribution in [2.45, 2.75) is 6.54 Å². The molecule has 1 aromatic carbocycles. The lowest BCUT2D eigenvalue weighted by atomic mass is 10.2. The Bertz CT molecular complexity index is 408. The summed E-state index contributed by atoms with van der Waals surface area (Å²) >= 11 is 0. The van der Waals surface area contributed by atoms with E-state index in [1.54, 1.807) is 0 Å². The molecule has 0 amide bonds. The smallest absolute Gasteiger partial charge is 0.0838 e. The zero-order valence-corrected chi connectivity index (χ0v) is 8.21. The fourth-order valence-corrected chi connectivity index (χ4v) is 1.44. The van der Waals surface area contributed by atoms with Crippen molar-refractivity contribution in [3.63, 3.8) is 0 Å². The number of rotatable bonds is 1. The summed E-state index contributed by atoms with van der Waals surface area (Å²) in [6.45, 7) is 0.501. The second-order valence-corrected chi connectivity index (χ2v) is 2.79. The van der Waals surface area contributed by atoms with Crippen molar-refractivity contribution in [1.82, 2.24) is 9.78 Å². The van der Waals surface area contributed by atoms with E-state index in [9.17, 15) is 0 Å². The van der Waals surface area contributed by atoms with Gasteiger partial charge in [-0.15, -0.1) is 12.4 Å². The van der Waals surface area contributed by atoms with Crippen LogP contribution in [0.25, 0.3) is 10.9 Å². The minimum Gasteiger partial charge on any atom is -0.325 e. The van der Waals surface area contributed by atoms with Crippen LogP contribution >= 0.6 is 12.4 Å². The number of nitrogens with zero attached hydrogens (tertiary/aromatic N) is 2. The summed E-state index contributed by atoms with van der Waals surface area (Å²) in [6, 6.07) is 8.10. The van der Waals surface area contributed by atoms with Crippen molar-refractivity contribution in [3.8, 4) is 0 Å². The molecule has 0 saturated carbocycles. The number of aromatic nitrogens is 2. The van der Waals surface area contributed by atoms with Gasteiger partial charge in [-0.2, -0.15) is 5.10 Å². The molecular weight excluding hydrogens is 186 g/mol. The van der Waals surface area contributed by atoms with Gasteiger partial charge in [-0.05, 0) is 6.07 Å². The maximum absolute atomic E-state index is 5.55. The molecule has 0 unspecified atom stereocenters. The standard InChI is InChI=1S/C9H11N3.ClH/c1-12-9-5-3-2-4-7(9)8(6-10)11-12;/h2-5H,6,10H2,1H3;1H. The number of fused-ring (bicyclic) bond motifs is 1. The molecule has 1 heterocycles. The zero-order valence-electron chi connectivity index (χ0n) is 7.40. The molecule has 0 spiro atoms. The topological polar surface area (TPSA) is 43.8 Å². The fourth-order valence-electron chi connectivity index (χ4n) is 1.44. The van der Waals surface area contributed by atoms with Gasteiger partial charge in [-0.3, -0.25) is 4.68 Å². The van der Waals surface area contributed by atoms with Crippen LogP contribution in [0.2, 0.25) is 0 Å². The summed E-state index contributed by atoms with van der Waals surface area (Å²) in [7, 11) is 1.93. The molecule has 0 fully saturated rings.